The summed E-state index contributed by atoms with van der Waals surface area (Å²) in [6.45, 7) is 0.808. The van der Waals surface area contributed by atoms with Gasteiger partial charge in [0.15, 0.2) is 0 Å². The quantitative estimate of drug-likeness (QED) is 0.705. The Kier molecular flexibility index (Phi) is 4.48. The maximum absolute atomic E-state index is 13.1. The molecule has 0 bridgehead atoms. The lowest BCUT2D eigenvalue weighted by Crippen LogP contribution is -2.42. The molecule has 4 nitrogen and oxygen atoms in total. The van der Waals surface area contributed by atoms with Crippen molar-refractivity contribution in [2.45, 2.75) is 11.0 Å². The van der Waals surface area contributed by atoms with Gasteiger partial charge in [0, 0.05) is 13.1 Å². The van der Waals surface area contributed by atoms with E-state index in [-0.39, 0.29) is 17.3 Å². The van der Waals surface area contributed by atoms with Crippen LogP contribution in [0.4, 0.5) is 4.39 Å². The van der Waals surface area contributed by atoms with Crippen molar-refractivity contribution >= 4 is 20.8 Å². The Balaban J connectivity index is 1.62. The standard InChI is InChI=1S/C20H18FNO3S/c21-18-8-5-16(6-9-18)20-14-22(11-12-25-20)26(23,24)19-10-7-15-3-1-2-4-17(15)13-19/h1-10,13,20H,11-12,14H2. The van der Waals surface area contributed by atoms with Crippen molar-refractivity contribution in [3.05, 3.63) is 78.1 Å². The topological polar surface area (TPSA) is 46.6 Å². The summed E-state index contributed by atoms with van der Waals surface area (Å²) in [7, 11) is -3.62. The van der Waals surface area contributed by atoms with Gasteiger partial charge in [0.25, 0.3) is 0 Å². The molecule has 0 amide bonds. The molecule has 3 aromatic carbocycles. The van der Waals surface area contributed by atoms with Crippen LogP contribution in [0.5, 0.6) is 0 Å². The van der Waals surface area contributed by atoms with Gasteiger partial charge in [0.05, 0.1) is 17.6 Å². The predicted molar refractivity (Wildman–Crippen MR) is 97.8 cm³/mol. The molecule has 1 atom stereocenters. The van der Waals surface area contributed by atoms with Crippen LogP contribution in [0, 0.1) is 5.82 Å². The van der Waals surface area contributed by atoms with Crippen molar-refractivity contribution in [3.63, 3.8) is 0 Å². The van der Waals surface area contributed by atoms with Crippen LogP contribution in [-0.2, 0) is 14.8 Å². The van der Waals surface area contributed by atoms with E-state index in [4.69, 9.17) is 4.74 Å². The van der Waals surface area contributed by atoms with Gasteiger partial charge in [-0.15, -0.1) is 0 Å². The molecule has 0 aliphatic carbocycles. The minimum atomic E-state index is -3.62. The van der Waals surface area contributed by atoms with Crippen LogP contribution in [0.1, 0.15) is 11.7 Å². The molecule has 1 aliphatic heterocycles. The minimum Gasteiger partial charge on any atom is -0.371 e. The first kappa shape index (κ1) is 17.1. The maximum Gasteiger partial charge on any atom is 0.243 e. The SMILES string of the molecule is O=S(=O)(c1ccc2ccccc2c1)N1CCOC(c2ccc(F)cc2)C1. The molecule has 134 valence electrons. The van der Waals surface area contributed by atoms with Crippen LogP contribution < -0.4 is 0 Å². The third kappa shape index (κ3) is 3.23. The number of fused-ring (bicyclic) bond motifs is 1. The third-order valence-electron chi connectivity index (χ3n) is 4.63. The van der Waals surface area contributed by atoms with Crippen molar-refractivity contribution in [1.82, 2.24) is 4.31 Å². The number of benzene rings is 3. The van der Waals surface area contributed by atoms with Crippen LogP contribution in [-0.4, -0.2) is 32.4 Å². The van der Waals surface area contributed by atoms with Crippen LogP contribution in [0.25, 0.3) is 10.8 Å². The second-order valence-electron chi connectivity index (χ2n) is 6.28. The van der Waals surface area contributed by atoms with Crippen LogP contribution >= 0.6 is 0 Å². The van der Waals surface area contributed by atoms with Crippen LogP contribution in [0.15, 0.2) is 71.6 Å². The lowest BCUT2D eigenvalue weighted by molar-refractivity contribution is -0.00258. The summed E-state index contributed by atoms with van der Waals surface area (Å²) in [5.74, 6) is -0.329. The van der Waals surface area contributed by atoms with E-state index in [1.807, 2.05) is 30.3 Å². The fraction of sp³-hybridized carbons (Fsp3) is 0.200. The molecular formula is C20H18FNO3S. The molecular weight excluding hydrogens is 353 g/mol. The fourth-order valence-corrected chi connectivity index (χ4v) is 4.66. The number of sulfonamides is 1. The van der Waals surface area contributed by atoms with E-state index in [2.05, 4.69) is 0 Å². The summed E-state index contributed by atoms with van der Waals surface area (Å²) < 4.78 is 46.4. The Labute approximate surface area is 151 Å². The smallest absolute Gasteiger partial charge is 0.243 e. The Morgan fingerprint density at radius 3 is 2.46 bits per heavy atom. The van der Waals surface area contributed by atoms with Gasteiger partial charge < -0.3 is 4.74 Å². The highest BCUT2D eigenvalue weighted by Gasteiger charge is 2.31. The average Bonchev–Trinajstić information content (AvgIpc) is 2.68. The predicted octanol–water partition coefficient (Wildman–Crippen LogP) is 3.74. The van der Waals surface area contributed by atoms with Crippen molar-refractivity contribution in [2.75, 3.05) is 19.7 Å². The van der Waals surface area contributed by atoms with Gasteiger partial charge in [-0.3, -0.25) is 0 Å². The zero-order chi connectivity index (χ0) is 18.1. The Bertz CT molecular complexity index is 1030. The summed E-state index contributed by atoms with van der Waals surface area (Å²) in [6.07, 6.45) is -0.403. The lowest BCUT2D eigenvalue weighted by Gasteiger charge is -2.32. The van der Waals surface area contributed by atoms with Gasteiger partial charge >= 0.3 is 0 Å². The van der Waals surface area contributed by atoms with Crippen LogP contribution in [0.3, 0.4) is 0 Å². The second kappa shape index (κ2) is 6.79. The van der Waals surface area contributed by atoms with Gasteiger partial charge in [-0.25, -0.2) is 12.8 Å². The summed E-state index contributed by atoms with van der Waals surface area (Å²) in [4.78, 5) is 0.274. The number of hydrogen-bond donors (Lipinski definition) is 0. The summed E-state index contributed by atoms with van der Waals surface area (Å²) in [5, 5.41) is 1.88. The average molecular weight is 371 g/mol. The first-order chi connectivity index (χ1) is 12.5. The van der Waals surface area contributed by atoms with Gasteiger partial charge in [0.1, 0.15) is 5.82 Å². The van der Waals surface area contributed by atoms with Crippen molar-refractivity contribution in [1.29, 1.82) is 0 Å². The molecule has 0 radical (unpaired) electrons. The highest BCUT2D eigenvalue weighted by molar-refractivity contribution is 7.89. The maximum atomic E-state index is 13.1. The molecule has 0 spiro atoms. The molecule has 6 heteroatoms. The van der Waals surface area contributed by atoms with E-state index in [0.29, 0.717) is 13.2 Å². The molecule has 1 saturated heterocycles. The number of ether oxygens (including phenoxy) is 1. The van der Waals surface area contributed by atoms with E-state index in [1.165, 1.54) is 16.4 Å². The van der Waals surface area contributed by atoms with Crippen LogP contribution in [0.2, 0.25) is 0 Å². The van der Waals surface area contributed by atoms with Gasteiger partial charge in [0.2, 0.25) is 10.0 Å². The Hall–Kier alpha value is -2.28. The number of morpholine rings is 1. The number of hydrogen-bond acceptors (Lipinski definition) is 3. The monoisotopic (exact) mass is 371 g/mol. The highest BCUT2D eigenvalue weighted by Crippen LogP contribution is 2.28. The van der Waals surface area contributed by atoms with Gasteiger partial charge in [-0.05, 0) is 40.6 Å². The molecule has 1 heterocycles. The first-order valence-electron chi connectivity index (χ1n) is 8.40. The first-order valence-corrected chi connectivity index (χ1v) is 9.84. The Morgan fingerprint density at radius 1 is 0.962 bits per heavy atom. The molecule has 0 aromatic heterocycles. The van der Waals surface area contributed by atoms with E-state index in [9.17, 15) is 12.8 Å². The van der Waals surface area contributed by atoms with Gasteiger partial charge in [-0.2, -0.15) is 4.31 Å². The summed E-state index contributed by atoms with van der Waals surface area (Å²) >= 11 is 0. The number of halogens is 1. The van der Waals surface area contributed by atoms with E-state index >= 15 is 0 Å². The summed E-state index contributed by atoms with van der Waals surface area (Å²) in [6, 6.07) is 18.8. The van der Waals surface area contributed by atoms with E-state index in [1.54, 1.807) is 24.3 Å². The molecule has 4 rings (SSSR count). The molecule has 1 aliphatic rings. The molecule has 1 fully saturated rings. The lowest BCUT2D eigenvalue weighted by atomic mass is 10.1. The zero-order valence-corrected chi connectivity index (χ0v) is 14.8. The van der Waals surface area contributed by atoms with Gasteiger partial charge in [-0.1, -0.05) is 42.5 Å². The summed E-state index contributed by atoms with van der Waals surface area (Å²) in [5.41, 5.74) is 0.768. The normalized spacial score (nSPS) is 18.9. The van der Waals surface area contributed by atoms with E-state index in [0.717, 1.165) is 16.3 Å². The van der Waals surface area contributed by atoms with Crippen molar-refractivity contribution in [3.8, 4) is 0 Å². The third-order valence-corrected chi connectivity index (χ3v) is 6.49. The minimum absolute atomic E-state index is 0.209. The van der Waals surface area contributed by atoms with Crippen molar-refractivity contribution < 1.29 is 17.5 Å². The molecule has 0 N–H and O–H groups in total. The molecule has 0 saturated carbocycles. The highest BCUT2D eigenvalue weighted by atomic mass is 32.2. The fourth-order valence-electron chi connectivity index (χ4n) is 3.20. The Morgan fingerprint density at radius 2 is 1.69 bits per heavy atom. The number of nitrogens with zero attached hydrogens (tertiary/aromatic N) is 1. The van der Waals surface area contributed by atoms with Crippen molar-refractivity contribution in [2.24, 2.45) is 0 Å². The number of rotatable bonds is 3. The molecule has 26 heavy (non-hydrogen) atoms. The molecule has 3 aromatic rings. The largest absolute Gasteiger partial charge is 0.371 e. The zero-order valence-electron chi connectivity index (χ0n) is 14.0. The second-order valence-corrected chi connectivity index (χ2v) is 8.22. The molecule has 1 unspecified atom stereocenters. The van der Waals surface area contributed by atoms with E-state index < -0.39 is 16.1 Å².